The van der Waals surface area contributed by atoms with Crippen molar-refractivity contribution in [2.24, 2.45) is 5.92 Å². The van der Waals surface area contributed by atoms with E-state index in [1.165, 1.54) is 16.7 Å². The molecule has 2 aromatic rings. The van der Waals surface area contributed by atoms with Gasteiger partial charge in [0.1, 0.15) is 11.3 Å². The second-order valence-corrected chi connectivity index (χ2v) is 4.79. The first-order valence-electron chi connectivity index (χ1n) is 5.72. The van der Waals surface area contributed by atoms with Crippen LogP contribution in [-0.4, -0.2) is 22.6 Å². The molecule has 0 spiro atoms. The molecule has 1 saturated heterocycles. The fourth-order valence-corrected chi connectivity index (χ4v) is 2.31. The normalized spacial score (nSPS) is 15.9. The third-order valence-corrected chi connectivity index (χ3v) is 3.48. The minimum absolute atomic E-state index is 0.0375. The molecule has 2 heterocycles. The Hall–Kier alpha value is -1.46. The van der Waals surface area contributed by atoms with Crippen molar-refractivity contribution < 1.29 is 4.39 Å². The fraction of sp³-hybridized carbons (Fsp3) is 0.333. The van der Waals surface area contributed by atoms with Crippen LogP contribution < -0.4 is 10.9 Å². The number of hydrogen-bond acceptors (Lipinski definition) is 3. The number of fused-ring (bicyclic) bond motifs is 1. The highest BCUT2D eigenvalue weighted by Gasteiger charge is 2.20. The van der Waals surface area contributed by atoms with Gasteiger partial charge in [-0.2, -0.15) is 0 Å². The van der Waals surface area contributed by atoms with Gasteiger partial charge in [-0.25, -0.2) is 9.37 Å². The molecule has 0 aliphatic carbocycles. The molecule has 4 nitrogen and oxygen atoms in total. The molecule has 0 radical (unpaired) electrons. The molecule has 1 N–H and O–H groups in total. The first kappa shape index (κ1) is 11.6. The van der Waals surface area contributed by atoms with Crippen molar-refractivity contribution in [3.63, 3.8) is 0 Å². The van der Waals surface area contributed by atoms with E-state index in [-0.39, 0.29) is 21.7 Å². The molecule has 0 saturated carbocycles. The Labute approximate surface area is 107 Å². The van der Waals surface area contributed by atoms with Gasteiger partial charge < -0.3 is 5.32 Å². The summed E-state index contributed by atoms with van der Waals surface area (Å²) in [4.78, 5) is 16.2. The average Bonchev–Trinajstić information content (AvgIpc) is 2.28. The molecule has 0 unspecified atom stereocenters. The maximum atomic E-state index is 13.5. The van der Waals surface area contributed by atoms with Crippen LogP contribution >= 0.6 is 11.6 Å². The summed E-state index contributed by atoms with van der Waals surface area (Å²) in [6.07, 6.45) is 0. The molecule has 0 bridgehead atoms. The van der Waals surface area contributed by atoms with Crippen molar-refractivity contribution >= 4 is 22.5 Å². The monoisotopic (exact) mass is 267 g/mol. The van der Waals surface area contributed by atoms with Crippen molar-refractivity contribution in [2.75, 3.05) is 13.1 Å². The summed E-state index contributed by atoms with van der Waals surface area (Å²) in [7, 11) is 0. The molecule has 0 atom stereocenters. The van der Waals surface area contributed by atoms with E-state index >= 15 is 0 Å². The van der Waals surface area contributed by atoms with Crippen LogP contribution in [0.25, 0.3) is 10.9 Å². The summed E-state index contributed by atoms with van der Waals surface area (Å²) in [6, 6.07) is 4.34. The van der Waals surface area contributed by atoms with E-state index in [2.05, 4.69) is 10.3 Å². The summed E-state index contributed by atoms with van der Waals surface area (Å²) in [5.41, 5.74) is -0.244. The Morgan fingerprint density at radius 1 is 1.50 bits per heavy atom. The highest BCUT2D eigenvalue weighted by molar-refractivity contribution is 6.28. The maximum absolute atomic E-state index is 13.5. The molecule has 6 heteroatoms. The standard InChI is InChI=1S/C12H11ClFN3O/c13-12-16-10-8(2-1-3-9(10)14)11(18)17(12)6-7-4-15-5-7/h1-3,7,15H,4-6H2. The highest BCUT2D eigenvalue weighted by Crippen LogP contribution is 2.16. The lowest BCUT2D eigenvalue weighted by atomic mass is 10.0. The number of benzene rings is 1. The minimum atomic E-state index is -0.524. The first-order chi connectivity index (χ1) is 8.66. The molecule has 1 aromatic carbocycles. The predicted molar refractivity (Wildman–Crippen MR) is 67.3 cm³/mol. The largest absolute Gasteiger partial charge is 0.316 e. The van der Waals surface area contributed by atoms with Crippen molar-refractivity contribution in [2.45, 2.75) is 6.54 Å². The molecule has 0 amide bonds. The number of halogens is 2. The van der Waals surface area contributed by atoms with Crippen LogP contribution in [0.5, 0.6) is 0 Å². The molecular weight excluding hydrogens is 257 g/mol. The Morgan fingerprint density at radius 2 is 2.28 bits per heavy atom. The third-order valence-electron chi connectivity index (χ3n) is 3.20. The summed E-state index contributed by atoms with van der Waals surface area (Å²) < 4.78 is 15.0. The Kier molecular flexibility index (Phi) is 2.80. The van der Waals surface area contributed by atoms with Crippen molar-refractivity contribution in [3.8, 4) is 0 Å². The van der Waals surface area contributed by atoms with E-state index < -0.39 is 5.82 Å². The van der Waals surface area contributed by atoms with Gasteiger partial charge in [0.2, 0.25) is 5.28 Å². The van der Waals surface area contributed by atoms with Crippen LogP contribution in [0.1, 0.15) is 0 Å². The van der Waals surface area contributed by atoms with Gasteiger partial charge in [0, 0.05) is 25.6 Å². The average molecular weight is 268 g/mol. The second kappa shape index (κ2) is 4.33. The Balaban J connectivity index is 2.17. The van der Waals surface area contributed by atoms with E-state index in [0.29, 0.717) is 12.5 Å². The Morgan fingerprint density at radius 3 is 2.94 bits per heavy atom. The molecule has 18 heavy (non-hydrogen) atoms. The highest BCUT2D eigenvalue weighted by atomic mass is 35.5. The van der Waals surface area contributed by atoms with E-state index in [4.69, 9.17) is 11.6 Å². The van der Waals surface area contributed by atoms with Gasteiger partial charge in [0.05, 0.1) is 5.39 Å². The molecule has 1 aromatic heterocycles. The molecular formula is C12H11ClFN3O. The SMILES string of the molecule is O=c1c2cccc(F)c2nc(Cl)n1CC1CNC1. The molecule has 94 valence electrons. The summed E-state index contributed by atoms with van der Waals surface area (Å²) in [5, 5.41) is 3.44. The number of rotatable bonds is 2. The van der Waals surface area contributed by atoms with Gasteiger partial charge in [-0.1, -0.05) is 6.07 Å². The topological polar surface area (TPSA) is 46.9 Å². The molecule has 1 fully saturated rings. The summed E-state index contributed by atoms with van der Waals surface area (Å²) >= 11 is 5.97. The van der Waals surface area contributed by atoms with E-state index in [0.717, 1.165) is 13.1 Å². The van der Waals surface area contributed by atoms with E-state index in [1.807, 2.05) is 0 Å². The quantitative estimate of drug-likeness (QED) is 0.837. The van der Waals surface area contributed by atoms with Crippen LogP contribution in [-0.2, 0) is 6.54 Å². The molecule has 3 rings (SSSR count). The van der Waals surface area contributed by atoms with Crippen molar-refractivity contribution in [1.29, 1.82) is 0 Å². The third kappa shape index (κ3) is 1.79. The number of para-hydroxylation sites is 1. The number of nitrogens with one attached hydrogen (secondary N) is 1. The first-order valence-corrected chi connectivity index (χ1v) is 6.10. The molecule has 1 aliphatic heterocycles. The van der Waals surface area contributed by atoms with E-state index in [1.54, 1.807) is 6.07 Å². The minimum Gasteiger partial charge on any atom is -0.316 e. The predicted octanol–water partition coefficient (Wildman–Crippen LogP) is 1.41. The van der Waals surface area contributed by atoms with Crippen LogP contribution in [0, 0.1) is 11.7 Å². The van der Waals surface area contributed by atoms with Crippen LogP contribution in [0.15, 0.2) is 23.0 Å². The number of nitrogens with zero attached hydrogens (tertiary/aromatic N) is 2. The molecule has 1 aliphatic rings. The zero-order valence-electron chi connectivity index (χ0n) is 9.49. The fourth-order valence-electron chi connectivity index (χ4n) is 2.08. The van der Waals surface area contributed by atoms with Crippen LogP contribution in [0.4, 0.5) is 4.39 Å². The lowest BCUT2D eigenvalue weighted by molar-refractivity contribution is 0.303. The number of hydrogen-bond donors (Lipinski definition) is 1. The maximum Gasteiger partial charge on any atom is 0.262 e. The zero-order chi connectivity index (χ0) is 12.7. The van der Waals surface area contributed by atoms with Gasteiger partial charge in [-0.3, -0.25) is 9.36 Å². The number of aromatic nitrogens is 2. The summed E-state index contributed by atoms with van der Waals surface area (Å²) in [5.74, 6) is -0.142. The van der Waals surface area contributed by atoms with Gasteiger partial charge in [-0.05, 0) is 23.7 Å². The van der Waals surface area contributed by atoms with Crippen LogP contribution in [0.3, 0.4) is 0 Å². The van der Waals surface area contributed by atoms with Gasteiger partial charge in [0.15, 0.2) is 0 Å². The second-order valence-electron chi connectivity index (χ2n) is 4.46. The van der Waals surface area contributed by atoms with E-state index in [9.17, 15) is 9.18 Å². The van der Waals surface area contributed by atoms with Crippen molar-refractivity contribution in [1.82, 2.24) is 14.9 Å². The zero-order valence-corrected chi connectivity index (χ0v) is 10.2. The van der Waals surface area contributed by atoms with Gasteiger partial charge in [0.25, 0.3) is 5.56 Å². The smallest absolute Gasteiger partial charge is 0.262 e. The Bertz CT molecular complexity index is 666. The van der Waals surface area contributed by atoms with Crippen LogP contribution in [0.2, 0.25) is 5.28 Å². The van der Waals surface area contributed by atoms with Crippen molar-refractivity contribution in [3.05, 3.63) is 39.7 Å². The van der Waals surface area contributed by atoms with Gasteiger partial charge >= 0.3 is 0 Å². The summed E-state index contributed by atoms with van der Waals surface area (Å²) in [6.45, 7) is 2.25. The van der Waals surface area contributed by atoms with Gasteiger partial charge in [-0.15, -0.1) is 0 Å². The lowest BCUT2D eigenvalue weighted by Crippen LogP contribution is -2.45. The lowest BCUT2D eigenvalue weighted by Gasteiger charge is -2.27.